The van der Waals surface area contributed by atoms with Gasteiger partial charge in [0.25, 0.3) is 5.91 Å². The van der Waals surface area contributed by atoms with E-state index in [2.05, 4.69) is 31.2 Å². The van der Waals surface area contributed by atoms with Gasteiger partial charge in [-0.25, -0.2) is 4.98 Å². The average Bonchev–Trinajstić information content (AvgIpc) is 3.20. The van der Waals surface area contributed by atoms with E-state index in [-0.39, 0.29) is 5.91 Å². The van der Waals surface area contributed by atoms with Crippen molar-refractivity contribution in [3.8, 4) is 0 Å². The number of hydrogen-bond donors (Lipinski definition) is 1. The van der Waals surface area contributed by atoms with Crippen molar-refractivity contribution in [3.63, 3.8) is 0 Å². The highest BCUT2D eigenvalue weighted by molar-refractivity contribution is 6.31. The topological polar surface area (TPSA) is 83.7 Å². The third-order valence-electron chi connectivity index (χ3n) is 6.97. The minimum Gasteiger partial charge on any atom is -0.442 e. The molecule has 3 aromatic rings. The van der Waals surface area contributed by atoms with Crippen molar-refractivity contribution >= 4 is 34.4 Å². The number of carbonyl (C=O) groups is 1. The van der Waals surface area contributed by atoms with Gasteiger partial charge in [-0.2, -0.15) is 4.98 Å². The van der Waals surface area contributed by atoms with Gasteiger partial charge >= 0.3 is 0 Å². The lowest BCUT2D eigenvalue weighted by Crippen LogP contribution is -2.39. The maximum Gasteiger partial charge on any atom is 0.255 e. The molecule has 2 aliphatic heterocycles. The molecule has 0 atom stereocenters. The Kier molecular flexibility index (Phi) is 7.22. The lowest BCUT2D eigenvalue weighted by molar-refractivity contribution is 0.0935. The van der Waals surface area contributed by atoms with Crippen LogP contribution >= 0.6 is 11.6 Å². The van der Waals surface area contributed by atoms with E-state index in [0.29, 0.717) is 53.9 Å². The number of amides is 1. The number of benzene rings is 1. The molecule has 4 heterocycles. The summed E-state index contributed by atoms with van der Waals surface area (Å²) < 4.78 is 11.4. The molecule has 8 nitrogen and oxygen atoms in total. The number of rotatable bonds is 6. The number of aromatic nitrogens is 2. The minimum absolute atomic E-state index is 0.123. The van der Waals surface area contributed by atoms with Crippen LogP contribution in [-0.2, 0) is 11.3 Å². The number of halogens is 1. The first-order valence-corrected chi connectivity index (χ1v) is 12.7. The van der Waals surface area contributed by atoms with Gasteiger partial charge in [0.1, 0.15) is 17.4 Å². The molecule has 0 bridgehead atoms. The van der Waals surface area contributed by atoms with Crippen LogP contribution in [0.2, 0.25) is 5.02 Å². The maximum atomic E-state index is 13.4. The first-order chi connectivity index (χ1) is 17.0. The van der Waals surface area contributed by atoms with Crippen LogP contribution in [0.25, 0.3) is 11.1 Å². The van der Waals surface area contributed by atoms with Gasteiger partial charge < -0.3 is 19.4 Å². The van der Waals surface area contributed by atoms with Gasteiger partial charge in [0.05, 0.1) is 24.2 Å². The van der Waals surface area contributed by atoms with Crippen LogP contribution in [0.1, 0.15) is 40.3 Å². The summed E-state index contributed by atoms with van der Waals surface area (Å²) in [6.07, 6.45) is 2.08. The van der Waals surface area contributed by atoms with Crippen LogP contribution in [0.4, 0.5) is 5.82 Å². The fraction of sp³-hybridized carbons (Fsp3) is 0.500. The molecule has 2 aromatic heterocycles. The number of morpholine rings is 1. The quantitative estimate of drug-likeness (QED) is 0.551. The number of ether oxygens (including phenoxy) is 1. The van der Waals surface area contributed by atoms with Crippen molar-refractivity contribution in [2.75, 3.05) is 50.8 Å². The van der Waals surface area contributed by atoms with Crippen molar-refractivity contribution in [1.29, 1.82) is 0 Å². The zero-order valence-corrected chi connectivity index (χ0v) is 21.1. The Hall–Kier alpha value is -2.68. The smallest absolute Gasteiger partial charge is 0.255 e. The summed E-state index contributed by atoms with van der Waals surface area (Å²) >= 11 is 6.33. The summed E-state index contributed by atoms with van der Waals surface area (Å²) in [6, 6.07) is 8.02. The molecule has 5 rings (SSSR count). The first kappa shape index (κ1) is 24.0. The number of furan rings is 1. The molecule has 0 spiro atoms. The number of likely N-dealkylation sites (tertiary alicyclic amines) is 1. The molecule has 2 aliphatic rings. The number of nitrogens with one attached hydrogen (secondary N) is 1. The van der Waals surface area contributed by atoms with E-state index in [4.69, 9.17) is 20.8 Å². The van der Waals surface area contributed by atoms with E-state index in [1.165, 1.54) is 0 Å². The molecule has 1 N–H and O–H groups in total. The van der Waals surface area contributed by atoms with Crippen molar-refractivity contribution in [1.82, 2.24) is 20.2 Å². The molecule has 0 unspecified atom stereocenters. The lowest BCUT2D eigenvalue weighted by atomic mass is 9.96. The van der Waals surface area contributed by atoms with Gasteiger partial charge in [0, 0.05) is 31.2 Å². The number of hydrogen-bond acceptors (Lipinski definition) is 7. The van der Waals surface area contributed by atoms with Crippen LogP contribution in [0.15, 0.2) is 28.7 Å². The summed E-state index contributed by atoms with van der Waals surface area (Å²) in [4.78, 5) is 27.1. The standard InChI is InChI=1S/C26H32ClN5O3/c1-17-22(23-24(32-11-13-34-14-12-32)29-18(2)30-26(23)35-17)25(33)28-15-19-7-9-31(10-8-19)16-20-5-3-4-6-21(20)27/h3-6,19H,7-16H2,1-2H3,(H,28,33). The Morgan fingerprint density at radius 2 is 1.86 bits per heavy atom. The van der Waals surface area contributed by atoms with Gasteiger partial charge in [0.2, 0.25) is 5.71 Å². The fourth-order valence-corrected chi connectivity index (χ4v) is 5.21. The van der Waals surface area contributed by atoms with E-state index in [0.717, 1.165) is 62.0 Å². The van der Waals surface area contributed by atoms with Gasteiger partial charge in [-0.3, -0.25) is 9.69 Å². The molecule has 186 valence electrons. The lowest BCUT2D eigenvalue weighted by Gasteiger charge is -2.32. The molecule has 1 aromatic carbocycles. The van der Waals surface area contributed by atoms with Crippen molar-refractivity contribution < 1.29 is 13.9 Å². The second-order valence-corrected chi connectivity index (χ2v) is 9.84. The molecule has 2 saturated heterocycles. The second-order valence-electron chi connectivity index (χ2n) is 9.43. The van der Waals surface area contributed by atoms with E-state index in [1.54, 1.807) is 0 Å². The highest BCUT2D eigenvalue weighted by Crippen LogP contribution is 2.32. The normalized spacial score (nSPS) is 17.7. The molecule has 35 heavy (non-hydrogen) atoms. The summed E-state index contributed by atoms with van der Waals surface area (Å²) in [5, 5.41) is 4.68. The van der Waals surface area contributed by atoms with Crippen LogP contribution in [0.3, 0.4) is 0 Å². The van der Waals surface area contributed by atoms with Gasteiger partial charge in [-0.15, -0.1) is 0 Å². The predicted octanol–water partition coefficient (Wildman–Crippen LogP) is 3.97. The predicted molar refractivity (Wildman–Crippen MR) is 136 cm³/mol. The van der Waals surface area contributed by atoms with Gasteiger partial charge in [0.15, 0.2) is 0 Å². The fourth-order valence-electron chi connectivity index (χ4n) is 5.02. The molecular weight excluding hydrogens is 466 g/mol. The van der Waals surface area contributed by atoms with E-state index in [1.807, 2.05) is 32.0 Å². The van der Waals surface area contributed by atoms with Crippen LogP contribution in [0.5, 0.6) is 0 Å². The summed E-state index contributed by atoms with van der Waals surface area (Å²) in [5.41, 5.74) is 2.17. The number of anilines is 1. The van der Waals surface area contributed by atoms with Gasteiger partial charge in [-0.1, -0.05) is 29.8 Å². The highest BCUT2D eigenvalue weighted by Gasteiger charge is 2.27. The molecule has 0 radical (unpaired) electrons. The molecule has 0 saturated carbocycles. The number of carbonyl (C=O) groups excluding carboxylic acids is 1. The molecule has 2 fully saturated rings. The largest absolute Gasteiger partial charge is 0.442 e. The Morgan fingerprint density at radius 3 is 2.60 bits per heavy atom. The number of piperidine rings is 1. The third kappa shape index (κ3) is 5.29. The minimum atomic E-state index is -0.123. The maximum absolute atomic E-state index is 13.4. The highest BCUT2D eigenvalue weighted by atomic mass is 35.5. The van der Waals surface area contributed by atoms with Crippen LogP contribution < -0.4 is 10.2 Å². The SMILES string of the molecule is Cc1nc(N2CCOCC2)c2c(C(=O)NCC3CCN(Cc4ccccc4Cl)CC3)c(C)oc2n1. The van der Waals surface area contributed by atoms with Crippen molar-refractivity contribution in [2.45, 2.75) is 33.2 Å². The van der Waals surface area contributed by atoms with Crippen molar-refractivity contribution in [3.05, 3.63) is 52.0 Å². The average molecular weight is 498 g/mol. The Bertz CT molecular complexity index is 1200. The van der Waals surface area contributed by atoms with Crippen molar-refractivity contribution in [2.24, 2.45) is 5.92 Å². The Labute approximate surface area is 210 Å². The number of fused-ring (bicyclic) bond motifs is 1. The zero-order chi connectivity index (χ0) is 24.4. The Morgan fingerprint density at radius 1 is 1.11 bits per heavy atom. The first-order valence-electron chi connectivity index (χ1n) is 12.3. The van der Waals surface area contributed by atoms with Crippen LogP contribution in [0, 0.1) is 19.8 Å². The second kappa shape index (κ2) is 10.5. The molecular formula is C26H32ClN5O3. The van der Waals surface area contributed by atoms with Crippen LogP contribution in [-0.4, -0.2) is 66.7 Å². The number of nitrogens with zero attached hydrogens (tertiary/aromatic N) is 4. The third-order valence-corrected chi connectivity index (χ3v) is 7.34. The summed E-state index contributed by atoms with van der Waals surface area (Å²) in [6.45, 7) is 9.89. The zero-order valence-electron chi connectivity index (χ0n) is 20.3. The van der Waals surface area contributed by atoms with E-state index in [9.17, 15) is 4.79 Å². The summed E-state index contributed by atoms with van der Waals surface area (Å²) in [7, 11) is 0. The molecule has 9 heteroatoms. The molecule has 0 aliphatic carbocycles. The van der Waals surface area contributed by atoms with E-state index < -0.39 is 0 Å². The summed E-state index contributed by atoms with van der Waals surface area (Å²) in [5.74, 6) is 2.27. The van der Waals surface area contributed by atoms with Gasteiger partial charge in [-0.05, 0) is 57.3 Å². The van der Waals surface area contributed by atoms with E-state index >= 15 is 0 Å². The monoisotopic (exact) mass is 497 g/mol. The number of aryl methyl sites for hydroxylation is 2. The Balaban J connectivity index is 1.24. The molecule has 1 amide bonds.